The second-order valence-corrected chi connectivity index (χ2v) is 3.97. The van der Waals surface area contributed by atoms with Gasteiger partial charge in [-0.3, -0.25) is 9.59 Å². The van der Waals surface area contributed by atoms with E-state index in [1.807, 2.05) is 12.1 Å². The molecule has 1 fully saturated rings. The molecule has 17 heavy (non-hydrogen) atoms. The van der Waals surface area contributed by atoms with Gasteiger partial charge in [-0.05, 0) is 36.6 Å². The highest BCUT2D eigenvalue weighted by Gasteiger charge is 2.16. The number of rotatable bonds is 4. The molecule has 0 amide bonds. The van der Waals surface area contributed by atoms with Crippen LogP contribution in [-0.4, -0.2) is 18.7 Å². The summed E-state index contributed by atoms with van der Waals surface area (Å²) in [6.45, 7) is 0.339. The van der Waals surface area contributed by atoms with E-state index in [4.69, 9.17) is 4.74 Å². The molecule has 3 heteroatoms. The maximum atomic E-state index is 11.4. The summed E-state index contributed by atoms with van der Waals surface area (Å²) in [5, 5.41) is 0. The smallest absolute Gasteiger partial charge is 0.158 e. The zero-order valence-corrected chi connectivity index (χ0v) is 9.52. The molecule has 0 N–H and O–H groups in total. The molecular formula is C14H14O3. The van der Waals surface area contributed by atoms with Crippen LogP contribution < -0.4 is 4.74 Å². The number of allylic oxidation sites excluding steroid dienone is 1. The van der Waals surface area contributed by atoms with Crippen molar-refractivity contribution in [2.24, 2.45) is 0 Å². The van der Waals surface area contributed by atoms with E-state index in [0.717, 1.165) is 24.7 Å². The molecule has 3 nitrogen and oxygen atoms in total. The number of hydrogen-bond acceptors (Lipinski definition) is 3. The van der Waals surface area contributed by atoms with Crippen LogP contribution in [0.2, 0.25) is 0 Å². The lowest BCUT2D eigenvalue weighted by Gasteiger charge is -2.05. The van der Waals surface area contributed by atoms with Crippen molar-refractivity contribution >= 4 is 12.1 Å². The van der Waals surface area contributed by atoms with Crippen LogP contribution in [0.25, 0.3) is 0 Å². The van der Waals surface area contributed by atoms with Crippen LogP contribution in [-0.2, 0) is 4.79 Å². The van der Waals surface area contributed by atoms with Crippen molar-refractivity contribution in [3.63, 3.8) is 0 Å². The number of hydrogen-bond donors (Lipinski definition) is 0. The number of para-hydroxylation sites is 1. The first-order valence-electron chi connectivity index (χ1n) is 5.70. The lowest BCUT2D eigenvalue weighted by atomic mass is 10.2. The fraction of sp³-hybridized carbons (Fsp3) is 0.286. The molecule has 1 aliphatic carbocycles. The van der Waals surface area contributed by atoms with Gasteiger partial charge in [-0.2, -0.15) is 0 Å². The zero-order valence-electron chi connectivity index (χ0n) is 9.52. The summed E-state index contributed by atoms with van der Waals surface area (Å²) in [6, 6.07) is 7.06. The standard InChI is InChI=1S/C14H14O3/c15-10-12-4-1-2-7-14(12)17-9-8-11-5-3-6-13(11)16/h1-2,4,7-8,10H,3,5-6,9H2/b11-8-. The monoisotopic (exact) mass is 230 g/mol. The lowest BCUT2D eigenvalue weighted by Crippen LogP contribution is -2.00. The highest BCUT2D eigenvalue weighted by molar-refractivity contribution is 5.97. The number of aldehydes is 1. The summed E-state index contributed by atoms with van der Waals surface area (Å²) in [4.78, 5) is 22.1. The highest BCUT2D eigenvalue weighted by atomic mass is 16.5. The van der Waals surface area contributed by atoms with E-state index in [1.54, 1.807) is 18.2 Å². The van der Waals surface area contributed by atoms with E-state index in [-0.39, 0.29) is 5.78 Å². The van der Waals surface area contributed by atoms with Gasteiger partial charge in [-0.15, -0.1) is 0 Å². The number of carbonyl (C=O) groups excluding carboxylic acids is 2. The van der Waals surface area contributed by atoms with Crippen molar-refractivity contribution in [1.82, 2.24) is 0 Å². The largest absolute Gasteiger partial charge is 0.489 e. The summed E-state index contributed by atoms with van der Waals surface area (Å²) in [6.07, 6.45) is 5.02. The van der Waals surface area contributed by atoms with Gasteiger partial charge in [0.15, 0.2) is 12.1 Å². The van der Waals surface area contributed by atoms with Crippen LogP contribution in [0.5, 0.6) is 5.75 Å². The summed E-state index contributed by atoms with van der Waals surface area (Å²) in [5.74, 6) is 0.780. The SMILES string of the molecule is O=Cc1ccccc1OC/C=C1/CCCC1=O. The van der Waals surface area contributed by atoms with E-state index >= 15 is 0 Å². The Labute approximate surface area is 100 Å². The van der Waals surface area contributed by atoms with Gasteiger partial charge in [0, 0.05) is 6.42 Å². The van der Waals surface area contributed by atoms with Crippen molar-refractivity contribution in [1.29, 1.82) is 0 Å². The van der Waals surface area contributed by atoms with Crippen LogP contribution in [0.1, 0.15) is 29.6 Å². The molecule has 1 saturated carbocycles. The lowest BCUT2D eigenvalue weighted by molar-refractivity contribution is -0.114. The minimum atomic E-state index is 0.220. The second-order valence-electron chi connectivity index (χ2n) is 3.97. The Balaban J connectivity index is 1.98. The first-order chi connectivity index (χ1) is 8.31. The van der Waals surface area contributed by atoms with Crippen LogP contribution in [0.3, 0.4) is 0 Å². The zero-order chi connectivity index (χ0) is 12.1. The van der Waals surface area contributed by atoms with Gasteiger partial charge in [-0.25, -0.2) is 0 Å². The molecule has 0 bridgehead atoms. The van der Waals surface area contributed by atoms with Gasteiger partial charge < -0.3 is 4.74 Å². The molecule has 0 atom stereocenters. The first kappa shape index (κ1) is 11.6. The normalized spacial score (nSPS) is 17.4. The number of benzene rings is 1. The van der Waals surface area contributed by atoms with Crippen LogP contribution in [0, 0.1) is 0 Å². The molecule has 88 valence electrons. The van der Waals surface area contributed by atoms with Crippen molar-refractivity contribution in [3.8, 4) is 5.75 Å². The minimum Gasteiger partial charge on any atom is -0.489 e. The second kappa shape index (κ2) is 5.43. The Morgan fingerprint density at radius 2 is 2.06 bits per heavy atom. The van der Waals surface area contributed by atoms with Crippen LogP contribution >= 0.6 is 0 Å². The van der Waals surface area contributed by atoms with Crippen LogP contribution in [0.15, 0.2) is 35.9 Å². The molecule has 0 aliphatic heterocycles. The summed E-state index contributed by atoms with van der Waals surface area (Å²) in [5.41, 5.74) is 1.39. The van der Waals surface area contributed by atoms with Crippen molar-refractivity contribution in [2.45, 2.75) is 19.3 Å². The van der Waals surface area contributed by atoms with E-state index < -0.39 is 0 Å². The van der Waals surface area contributed by atoms with Crippen LogP contribution in [0.4, 0.5) is 0 Å². The maximum Gasteiger partial charge on any atom is 0.158 e. The molecule has 0 aromatic heterocycles. The first-order valence-corrected chi connectivity index (χ1v) is 5.70. The summed E-state index contributed by atoms with van der Waals surface area (Å²) >= 11 is 0. The molecule has 1 aromatic carbocycles. The quantitative estimate of drug-likeness (QED) is 0.589. The molecule has 1 aliphatic rings. The van der Waals surface area contributed by atoms with Gasteiger partial charge in [0.1, 0.15) is 12.4 Å². The van der Waals surface area contributed by atoms with E-state index in [1.165, 1.54) is 0 Å². The molecule has 2 rings (SSSR count). The Hall–Kier alpha value is -1.90. The fourth-order valence-electron chi connectivity index (χ4n) is 1.90. The molecule has 0 unspecified atom stereocenters. The summed E-state index contributed by atoms with van der Waals surface area (Å²) < 4.78 is 5.48. The Bertz CT molecular complexity index is 460. The van der Waals surface area contributed by atoms with E-state index in [2.05, 4.69) is 0 Å². The third kappa shape index (κ3) is 2.81. The number of ketones is 1. The number of carbonyl (C=O) groups is 2. The maximum absolute atomic E-state index is 11.4. The topological polar surface area (TPSA) is 43.4 Å². The number of ether oxygens (including phenoxy) is 1. The van der Waals surface area contributed by atoms with Crippen molar-refractivity contribution in [2.75, 3.05) is 6.61 Å². The third-order valence-corrected chi connectivity index (χ3v) is 2.82. The van der Waals surface area contributed by atoms with Crippen molar-refractivity contribution < 1.29 is 14.3 Å². The fourth-order valence-corrected chi connectivity index (χ4v) is 1.90. The van der Waals surface area contributed by atoms with E-state index in [9.17, 15) is 9.59 Å². The Morgan fingerprint density at radius 1 is 1.24 bits per heavy atom. The van der Waals surface area contributed by atoms with Gasteiger partial charge in [0.2, 0.25) is 0 Å². The molecule has 0 spiro atoms. The average molecular weight is 230 g/mol. The average Bonchev–Trinajstić information content (AvgIpc) is 2.76. The molecule has 0 saturated heterocycles. The predicted molar refractivity (Wildman–Crippen MR) is 64.3 cm³/mol. The minimum absolute atomic E-state index is 0.220. The highest BCUT2D eigenvalue weighted by Crippen LogP contribution is 2.20. The predicted octanol–water partition coefficient (Wildman–Crippen LogP) is 2.56. The summed E-state index contributed by atoms with van der Waals surface area (Å²) in [7, 11) is 0. The molecule has 1 aromatic rings. The molecule has 0 heterocycles. The van der Waals surface area contributed by atoms with E-state index in [0.29, 0.717) is 24.3 Å². The van der Waals surface area contributed by atoms with Gasteiger partial charge in [0.25, 0.3) is 0 Å². The molecule has 0 radical (unpaired) electrons. The third-order valence-electron chi connectivity index (χ3n) is 2.82. The number of Topliss-reactive ketones (excluding diaryl/α,β-unsaturated/α-hetero) is 1. The van der Waals surface area contributed by atoms with Gasteiger partial charge >= 0.3 is 0 Å². The Morgan fingerprint density at radius 3 is 2.76 bits per heavy atom. The van der Waals surface area contributed by atoms with Crippen molar-refractivity contribution in [3.05, 3.63) is 41.5 Å². The van der Waals surface area contributed by atoms with Gasteiger partial charge in [0.05, 0.1) is 5.56 Å². The Kier molecular flexibility index (Phi) is 3.70. The molecular weight excluding hydrogens is 216 g/mol. The van der Waals surface area contributed by atoms with Gasteiger partial charge in [-0.1, -0.05) is 12.1 Å².